The normalized spacial score (nSPS) is 10.7. The number of amides is 1. The monoisotopic (exact) mass is 439 g/mol. The van der Waals surface area contributed by atoms with E-state index in [1.807, 2.05) is 54.6 Å². The van der Waals surface area contributed by atoms with Crippen molar-refractivity contribution in [3.63, 3.8) is 0 Å². The van der Waals surface area contributed by atoms with E-state index in [9.17, 15) is 4.79 Å². The van der Waals surface area contributed by atoms with Crippen molar-refractivity contribution >= 4 is 11.8 Å². The van der Waals surface area contributed by atoms with E-state index in [1.165, 1.54) is 70.6 Å². The maximum Gasteiger partial charge on any atom is 0.411 e. The van der Waals surface area contributed by atoms with Crippen LogP contribution in [0.25, 0.3) is 0 Å². The maximum absolute atomic E-state index is 11.8. The Morgan fingerprint density at radius 1 is 0.719 bits per heavy atom. The van der Waals surface area contributed by atoms with Crippen molar-refractivity contribution in [2.75, 3.05) is 11.9 Å². The smallest absolute Gasteiger partial charge is 0.411 e. The van der Waals surface area contributed by atoms with Gasteiger partial charge in [-0.05, 0) is 36.2 Å². The van der Waals surface area contributed by atoms with Crippen LogP contribution in [0.15, 0.2) is 54.6 Å². The predicted octanol–water partition coefficient (Wildman–Crippen LogP) is 8.52. The van der Waals surface area contributed by atoms with E-state index in [4.69, 9.17) is 9.47 Å². The Kier molecular flexibility index (Phi) is 13.8. The van der Waals surface area contributed by atoms with Crippen LogP contribution in [0.1, 0.15) is 89.5 Å². The number of anilines is 1. The number of hydrogen-bond acceptors (Lipinski definition) is 3. The van der Waals surface area contributed by atoms with Crippen molar-refractivity contribution in [1.82, 2.24) is 0 Å². The van der Waals surface area contributed by atoms with Crippen molar-refractivity contribution in [2.45, 2.75) is 90.6 Å². The molecule has 2 aromatic carbocycles. The van der Waals surface area contributed by atoms with E-state index in [0.29, 0.717) is 0 Å². The molecule has 2 rings (SSSR count). The molecule has 0 aliphatic heterocycles. The molecule has 0 unspecified atom stereocenters. The fraction of sp³-hybridized carbons (Fsp3) is 0.536. The molecule has 0 bridgehead atoms. The summed E-state index contributed by atoms with van der Waals surface area (Å²) in [6, 6.07) is 17.0. The second kappa shape index (κ2) is 17.1. The average Bonchev–Trinajstić information content (AvgIpc) is 2.82. The van der Waals surface area contributed by atoms with Gasteiger partial charge in [0, 0.05) is 5.69 Å². The van der Waals surface area contributed by atoms with E-state index in [-0.39, 0.29) is 6.61 Å². The van der Waals surface area contributed by atoms with Crippen molar-refractivity contribution < 1.29 is 14.3 Å². The molecule has 0 heterocycles. The molecule has 176 valence electrons. The van der Waals surface area contributed by atoms with Crippen LogP contribution in [0, 0.1) is 0 Å². The second-order valence-electron chi connectivity index (χ2n) is 8.45. The van der Waals surface area contributed by atoms with Gasteiger partial charge in [0.15, 0.2) is 0 Å². The number of rotatable bonds is 17. The van der Waals surface area contributed by atoms with Crippen LogP contribution < -0.4 is 10.1 Å². The van der Waals surface area contributed by atoms with Crippen LogP contribution in [0.3, 0.4) is 0 Å². The van der Waals surface area contributed by atoms with E-state index in [1.54, 1.807) is 0 Å². The van der Waals surface area contributed by atoms with Gasteiger partial charge in [-0.1, -0.05) is 108 Å². The number of nitrogens with one attached hydrogen (secondary N) is 1. The lowest BCUT2D eigenvalue weighted by Gasteiger charge is -2.09. The highest BCUT2D eigenvalue weighted by atomic mass is 16.5. The molecule has 0 radical (unpaired) electrons. The first-order chi connectivity index (χ1) is 15.8. The molecule has 32 heavy (non-hydrogen) atoms. The van der Waals surface area contributed by atoms with E-state index in [0.717, 1.165) is 30.0 Å². The number of unbranched alkanes of at least 4 members (excludes halogenated alkanes) is 11. The van der Waals surface area contributed by atoms with Crippen LogP contribution >= 0.6 is 0 Å². The van der Waals surface area contributed by atoms with Crippen molar-refractivity contribution in [1.29, 1.82) is 0 Å². The number of carbonyl (C=O) groups excluding carboxylic acids is 1. The van der Waals surface area contributed by atoms with Gasteiger partial charge in [-0.3, -0.25) is 5.32 Å². The highest BCUT2D eigenvalue weighted by Gasteiger charge is 2.04. The number of benzene rings is 2. The molecule has 1 amide bonds. The summed E-state index contributed by atoms with van der Waals surface area (Å²) in [5.41, 5.74) is 1.66. The van der Waals surface area contributed by atoms with Crippen molar-refractivity contribution in [2.24, 2.45) is 0 Å². The molecule has 0 saturated carbocycles. The lowest BCUT2D eigenvalue weighted by Crippen LogP contribution is -2.13. The first kappa shape index (κ1) is 25.8. The zero-order valence-electron chi connectivity index (χ0n) is 19.8. The highest BCUT2D eigenvalue weighted by molar-refractivity contribution is 5.84. The minimum atomic E-state index is -0.455. The second-order valence-corrected chi connectivity index (χ2v) is 8.45. The molecule has 0 spiro atoms. The molecule has 0 aliphatic rings. The molecule has 0 atom stereocenters. The lowest BCUT2D eigenvalue weighted by molar-refractivity contribution is 0.155. The van der Waals surface area contributed by atoms with Crippen LogP contribution in [0.2, 0.25) is 0 Å². The van der Waals surface area contributed by atoms with Crippen molar-refractivity contribution in [3.05, 3.63) is 60.2 Å². The molecule has 1 N–H and O–H groups in total. The molecular weight excluding hydrogens is 398 g/mol. The third-order valence-corrected chi connectivity index (χ3v) is 5.58. The minimum Gasteiger partial charge on any atom is -0.494 e. The van der Waals surface area contributed by atoms with Crippen LogP contribution in [0.5, 0.6) is 5.75 Å². The number of para-hydroxylation sites is 1. The highest BCUT2D eigenvalue weighted by Crippen LogP contribution is 2.15. The van der Waals surface area contributed by atoms with Gasteiger partial charge in [0.2, 0.25) is 0 Å². The standard InChI is InChI=1S/C28H41NO3/c1-2-3-4-5-6-7-8-9-10-11-12-16-23-31-27-21-19-25(20-22-27)24-32-28(30)29-26-17-14-13-15-18-26/h13-15,17-22H,2-12,16,23-24H2,1H3,(H,29,30). The summed E-state index contributed by atoms with van der Waals surface area (Å²) >= 11 is 0. The summed E-state index contributed by atoms with van der Waals surface area (Å²) in [5.74, 6) is 0.866. The Labute approximate surface area is 194 Å². The Morgan fingerprint density at radius 2 is 1.28 bits per heavy atom. The van der Waals surface area contributed by atoms with Gasteiger partial charge >= 0.3 is 6.09 Å². The van der Waals surface area contributed by atoms with Gasteiger partial charge in [0.05, 0.1) is 6.61 Å². The molecular formula is C28H41NO3. The summed E-state index contributed by atoms with van der Waals surface area (Å²) in [6.45, 7) is 3.26. The maximum atomic E-state index is 11.8. The molecule has 2 aromatic rings. The summed E-state index contributed by atoms with van der Waals surface area (Å²) in [4.78, 5) is 11.8. The zero-order valence-corrected chi connectivity index (χ0v) is 19.8. The Hall–Kier alpha value is -2.49. The summed E-state index contributed by atoms with van der Waals surface area (Å²) in [7, 11) is 0. The van der Waals surface area contributed by atoms with Crippen LogP contribution in [-0.2, 0) is 11.3 Å². The Balaban J connectivity index is 1.45. The number of carbonyl (C=O) groups is 1. The van der Waals surface area contributed by atoms with E-state index >= 15 is 0 Å². The Bertz CT molecular complexity index is 715. The quantitative estimate of drug-likeness (QED) is 0.251. The Morgan fingerprint density at radius 3 is 1.88 bits per heavy atom. The largest absolute Gasteiger partial charge is 0.494 e. The SMILES string of the molecule is CCCCCCCCCCCCCCOc1ccc(COC(=O)Nc2ccccc2)cc1. The van der Waals surface area contributed by atoms with E-state index < -0.39 is 6.09 Å². The van der Waals surface area contributed by atoms with Gasteiger partial charge < -0.3 is 9.47 Å². The minimum absolute atomic E-state index is 0.234. The third kappa shape index (κ3) is 12.4. The van der Waals surface area contributed by atoms with Gasteiger partial charge in [0.1, 0.15) is 12.4 Å². The summed E-state index contributed by atoms with van der Waals surface area (Å²) < 4.78 is 11.1. The van der Waals surface area contributed by atoms with Crippen molar-refractivity contribution in [3.8, 4) is 5.75 Å². The van der Waals surface area contributed by atoms with Gasteiger partial charge in [-0.25, -0.2) is 4.79 Å². The molecule has 4 nitrogen and oxygen atoms in total. The van der Waals surface area contributed by atoms with Gasteiger partial charge in [-0.15, -0.1) is 0 Å². The average molecular weight is 440 g/mol. The fourth-order valence-electron chi connectivity index (χ4n) is 3.64. The summed E-state index contributed by atoms with van der Waals surface area (Å²) in [6.07, 6.45) is 15.7. The first-order valence-corrected chi connectivity index (χ1v) is 12.5. The molecule has 0 fully saturated rings. The van der Waals surface area contributed by atoms with Crippen LogP contribution in [-0.4, -0.2) is 12.7 Å². The summed E-state index contributed by atoms with van der Waals surface area (Å²) in [5, 5.41) is 2.71. The van der Waals surface area contributed by atoms with Gasteiger partial charge in [0.25, 0.3) is 0 Å². The van der Waals surface area contributed by atoms with Gasteiger partial charge in [-0.2, -0.15) is 0 Å². The molecule has 0 aliphatic carbocycles. The lowest BCUT2D eigenvalue weighted by atomic mass is 10.1. The number of hydrogen-bond donors (Lipinski definition) is 1. The first-order valence-electron chi connectivity index (χ1n) is 12.5. The predicted molar refractivity (Wildman–Crippen MR) is 133 cm³/mol. The number of ether oxygens (including phenoxy) is 2. The third-order valence-electron chi connectivity index (χ3n) is 5.58. The van der Waals surface area contributed by atoms with Crippen LogP contribution in [0.4, 0.5) is 10.5 Å². The molecule has 4 heteroatoms. The topological polar surface area (TPSA) is 47.6 Å². The molecule has 0 aromatic heterocycles. The molecule has 0 saturated heterocycles. The zero-order chi connectivity index (χ0) is 22.7. The fourth-order valence-corrected chi connectivity index (χ4v) is 3.64. The van der Waals surface area contributed by atoms with E-state index in [2.05, 4.69) is 12.2 Å².